The number of carbonyl (C=O) groups is 1. The van der Waals surface area contributed by atoms with E-state index in [4.69, 9.17) is 18.9 Å². The fourth-order valence-corrected chi connectivity index (χ4v) is 15.6. The van der Waals surface area contributed by atoms with Crippen molar-refractivity contribution in [1.82, 2.24) is 5.32 Å². The molecule has 0 saturated carbocycles. The van der Waals surface area contributed by atoms with Crippen molar-refractivity contribution in [2.45, 2.75) is 524 Å². The Balaban J connectivity index is 1.54. The molecular weight excluding hydrogens is 1330 g/mol. The molecule has 9 N–H and O–H groups in total. The highest BCUT2D eigenvalue weighted by Crippen LogP contribution is 2.31. The van der Waals surface area contributed by atoms with Crippen LogP contribution in [0.25, 0.3) is 0 Å². The zero-order valence-electron chi connectivity index (χ0n) is 69.2. The summed E-state index contributed by atoms with van der Waals surface area (Å²) in [7, 11) is 0. The van der Waals surface area contributed by atoms with Gasteiger partial charge in [0.1, 0.15) is 48.8 Å². The minimum Gasteiger partial charge on any atom is -0.394 e. The van der Waals surface area contributed by atoms with Gasteiger partial charge in [-0.2, -0.15) is 0 Å². The Morgan fingerprint density at radius 3 is 0.953 bits per heavy atom. The molecule has 0 aromatic heterocycles. The zero-order chi connectivity index (χ0) is 76.5. The van der Waals surface area contributed by atoms with E-state index in [0.29, 0.717) is 12.8 Å². The Bertz CT molecular complexity index is 1920. The fourth-order valence-electron chi connectivity index (χ4n) is 15.6. The monoisotopic (exact) mass is 1500 g/mol. The molecule has 1 amide bonds. The first-order chi connectivity index (χ1) is 52.1. The van der Waals surface area contributed by atoms with Crippen molar-refractivity contribution >= 4 is 5.91 Å². The molecule has 2 fully saturated rings. The quantitative estimate of drug-likeness (QED) is 0.0204. The standard InChI is InChI=1S/C92H175NO13/c1-3-5-7-9-11-13-15-17-19-21-23-25-27-29-31-33-35-37-38-39-40-41-42-44-46-48-50-52-54-56-58-60-62-64-66-68-70-72-74-76-84(97)93-80(79-103-91-89(102)87(100)90(83(78-95)105-91)106-92-88(101)86(99)85(98)82(77-94)104-92)81(96)75-73-71-69-67-65-63-61-59-57-55-53-51-49-47-45-43-36-34-32-30-28-26-24-22-20-18-16-14-12-10-8-6-4-2/h15,17,21,23,27,29,80-83,85-92,94-96,98-102H,3-14,16,18-20,22,24-26,28,30-79H2,1-2H3,(H,93,97)/b17-15-,23-21-,29-27-. The molecule has 0 aromatic rings. The maximum absolute atomic E-state index is 13.5. The van der Waals surface area contributed by atoms with E-state index in [1.54, 1.807) is 0 Å². The first kappa shape index (κ1) is 100. The summed E-state index contributed by atoms with van der Waals surface area (Å²) in [5.74, 6) is -0.196. The Morgan fingerprint density at radius 2 is 0.623 bits per heavy atom. The highest BCUT2D eigenvalue weighted by molar-refractivity contribution is 5.76. The lowest BCUT2D eigenvalue weighted by molar-refractivity contribution is -0.359. The molecule has 2 aliphatic rings. The van der Waals surface area contributed by atoms with Crippen LogP contribution in [0.5, 0.6) is 0 Å². The van der Waals surface area contributed by atoms with Gasteiger partial charge in [-0.05, 0) is 51.4 Å². The summed E-state index contributed by atoms with van der Waals surface area (Å²) >= 11 is 0. The van der Waals surface area contributed by atoms with E-state index in [-0.39, 0.29) is 12.5 Å². The van der Waals surface area contributed by atoms with Gasteiger partial charge >= 0.3 is 0 Å². The number of hydrogen-bond donors (Lipinski definition) is 9. The average Bonchev–Trinajstić information content (AvgIpc) is 0.789. The van der Waals surface area contributed by atoms with Crippen LogP contribution in [0.3, 0.4) is 0 Å². The van der Waals surface area contributed by atoms with Crippen LogP contribution < -0.4 is 5.32 Å². The Morgan fingerprint density at radius 1 is 0.340 bits per heavy atom. The van der Waals surface area contributed by atoms with Crippen molar-refractivity contribution in [3.05, 3.63) is 36.5 Å². The summed E-state index contributed by atoms with van der Waals surface area (Å²) in [5, 5.41) is 88.1. The predicted octanol–water partition coefficient (Wildman–Crippen LogP) is 22.7. The molecular formula is C92H175NO13. The first-order valence-corrected chi connectivity index (χ1v) is 46.2. The number of allylic oxidation sites excluding steroid dienone is 6. The molecule has 12 atom stereocenters. The third-order valence-corrected chi connectivity index (χ3v) is 22.9. The first-order valence-electron chi connectivity index (χ1n) is 46.2. The average molecular weight is 1500 g/mol. The molecule has 2 heterocycles. The number of ether oxygens (including phenoxy) is 4. The highest BCUT2D eigenvalue weighted by atomic mass is 16.7. The van der Waals surface area contributed by atoms with Gasteiger partial charge in [-0.3, -0.25) is 4.79 Å². The van der Waals surface area contributed by atoms with E-state index in [2.05, 4.69) is 55.6 Å². The maximum Gasteiger partial charge on any atom is 0.220 e. The van der Waals surface area contributed by atoms with E-state index in [1.807, 2.05) is 0 Å². The molecule has 106 heavy (non-hydrogen) atoms. The summed E-state index contributed by atoms with van der Waals surface area (Å²) in [6.07, 6.45) is 85.2. The van der Waals surface area contributed by atoms with Crippen molar-refractivity contribution in [3.63, 3.8) is 0 Å². The van der Waals surface area contributed by atoms with Gasteiger partial charge in [0.2, 0.25) is 5.91 Å². The smallest absolute Gasteiger partial charge is 0.220 e. The largest absolute Gasteiger partial charge is 0.394 e. The second kappa shape index (κ2) is 75.9. The molecule has 626 valence electrons. The number of unbranched alkanes of at least 4 members (excludes halogenated alkanes) is 61. The fraction of sp³-hybridized carbons (Fsp3) is 0.924. The van der Waals surface area contributed by atoms with Crippen LogP contribution in [0, 0.1) is 0 Å². The molecule has 0 radical (unpaired) electrons. The van der Waals surface area contributed by atoms with Gasteiger partial charge < -0.3 is 65.1 Å². The second-order valence-corrected chi connectivity index (χ2v) is 32.8. The minimum absolute atomic E-state index is 0.196. The van der Waals surface area contributed by atoms with E-state index in [1.165, 1.54) is 360 Å². The van der Waals surface area contributed by atoms with Crippen molar-refractivity contribution in [2.75, 3.05) is 19.8 Å². The summed E-state index contributed by atoms with van der Waals surface area (Å²) < 4.78 is 23.0. The maximum atomic E-state index is 13.5. The molecule has 0 aliphatic carbocycles. The number of amides is 1. The second-order valence-electron chi connectivity index (χ2n) is 32.8. The van der Waals surface area contributed by atoms with Gasteiger partial charge in [0.05, 0.1) is 32.0 Å². The number of nitrogens with one attached hydrogen (secondary N) is 1. The van der Waals surface area contributed by atoms with Crippen molar-refractivity contribution < 1.29 is 64.6 Å². The van der Waals surface area contributed by atoms with Crippen molar-refractivity contribution in [3.8, 4) is 0 Å². The number of aliphatic hydroxyl groups excluding tert-OH is 8. The van der Waals surface area contributed by atoms with E-state index >= 15 is 0 Å². The third-order valence-electron chi connectivity index (χ3n) is 22.9. The van der Waals surface area contributed by atoms with Crippen molar-refractivity contribution in [1.29, 1.82) is 0 Å². The molecule has 14 heteroatoms. The van der Waals surface area contributed by atoms with E-state index in [0.717, 1.165) is 64.2 Å². The lowest BCUT2D eigenvalue weighted by atomic mass is 9.97. The molecule has 0 bridgehead atoms. The predicted molar refractivity (Wildman–Crippen MR) is 443 cm³/mol. The molecule has 14 nitrogen and oxygen atoms in total. The van der Waals surface area contributed by atoms with Crippen LogP contribution in [-0.4, -0.2) is 140 Å². The Hall–Kier alpha value is -1.79. The van der Waals surface area contributed by atoms with E-state index < -0.39 is 86.8 Å². The van der Waals surface area contributed by atoms with Gasteiger partial charge in [0.15, 0.2) is 12.6 Å². The molecule has 2 saturated heterocycles. The highest BCUT2D eigenvalue weighted by Gasteiger charge is 2.51. The number of hydrogen-bond acceptors (Lipinski definition) is 13. The lowest BCUT2D eigenvalue weighted by Gasteiger charge is -2.46. The normalized spacial score (nSPS) is 21.4. The summed E-state index contributed by atoms with van der Waals surface area (Å²) in [5.41, 5.74) is 0. The van der Waals surface area contributed by atoms with Gasteiger partial charge in [0.25, 0.3) is 0 Å². The SMILES string of the molecule is CCCCCCC/C=C\C/C=C\C/C=C\CCCCCCCCCCCCCCCCCCCCCCCCCCC(=O)NC(COC1OC(CO)C(OC2OC(CO)C(O)C(O)C2O)C(O)C1O)C(O)CCCCCCCCCCCCCCCCCCCCCCCCCCCCCCCCCCC. The molecule has 0 aromatic carbocycles. The van der Waals surface area contributed by atoms with Crippen LogP contribution in [0.1, 0.15) is 450 Å². The third kappa shape index (κ3) is 57.3. The Kier molecular flexibility index (Phi) is 71.8. The minimum atomic E-state index is -1.78. The van der Waals surface area contributed by atoms with Crippen molar-refractivity contribution in [2.24, 2.45) is 0 Å². The summed E-state index contributed by atoms with van der Waals surface area (Å²) in [6.45, 7) is 2.93. The molecule has 12 unspecified atom stereocenters. The summed E-state index contributed by atoms with van der Waals surface area (Å²) in [4.78, 5) is 13.5. The topological polar surface area (TPSA) is 228 Å². The van der Waals surface area contributed by atoms with Gasteiger partial charge in [0, 0.05) is 6.42 Å². The van der Waals surface area contributed by atoms with Crippen LogP contribution in [0.15, 0.2) is 36.5 Å². The van der Waals surface area contributed by atoms with Gasteiger partial charge in [-0.15, -0.1) is 0 Å². The number of carbonyl (C=O) groups excluding carboxylic acids is 1. The van der Waals surface area contributed by atoms with E-state index in [9.17, 15) is 45.6 Å². The van der Waals surface area contributed by atoms with Gasteiger partial charge in [-0.1, -0.05) is 429 Å². The Labute approximate surface area is 652 Å². The molecule has 2 rings (SSSR count). The molecule has 0 spiro atoms. The van der Waals surface area contributed by atoms with Gasteiger partial charge in [-0.25, -0.2) is 0 Å². The van der Waals surface area contributed by atoms with Crippen LogP contribution >= 0.6 is 0 Å². The zero-order valence-corrected chi connectivity index (χ0v) is 69.2. The van der Waals surface area contributed by atoms with Crippen LogP contribution in [0.2, 0.25) is 0 Å². The summed E-state index contributed by atoms with van der Waals surface area (Å²) in [6, 6.07) is -0.829. The van der Waals surface area contributed by atoms with Crippen LogP contribution in [0.4, 0.5) is 0 Å². The number of rotatable bonds is 80. The molecule has 2 aliphatic heterocycles. The number of aliphatic hydroxyl groups is 8. The lowest BCUT2D eigenvalue weighted by Crippen LogP contribution is -2.65. The van der Waals surface area contributed by atoms with Crippen LogP contribution in [-0.2, 0) is 23.7 Å².